The molecule has 0 spiro atoms. The van der Waals surface area contributed by atoms with Crippen LogP contribution in [0.4, 0.5) is 0 Å². The molecule has 1 fully saturated rings. The molecular weight excluding hydrogens is 360 g/mol. The molecule has 1 aliphatic rings. The van der Waals surface area contributed by atoms with Gasteiger partial charge in [0.2, 0.25) is 5.91 Å². The van der Waals surface area contributed by atoms with Gasteiger partial charge in [0, 0.05) is 17.1 Å². The molecule has 2 N–H and O–H groups in total. The van der Waals surface area contributed by atoms with E-state index in [4.69, 9.17) is 16.3 Å². The molecule has 0 radical (unpaired) electrons. The van der Waals surface area contributed by atoms with E-state index < -0.39 is 5.54 Å². The average Bonchev–Trinajstić information content (AvgIpc) is 3.00. The predicted molar refractivity (Wildman–Crippen MR) is 101 cm³/mol. The Bertz CT molecular complexity index is 784. The molecule has 1 amide bonds. The Morgan fingerprint density at radius 1 is 1.36 bits per heavy atom. The molecule has 0 atom stereocenters. The number of halogens is 1. The number of hydrogen-bond donors (Lipinski definition) is 2. The second-order valence-electron chi connectivity index (χ2n) is 6.12. The Hall–Kier alpha value is -1.66. The van der Waals surface area contributed by atoms with E-state index in [1.54, 1.807) is 30.9 Å². The topological polar surface area (TPSA) is 71.2 Å². The summed E-state index contributed by atoms with van der Waals surface area (Å²) in [4.78, 5) is 28.2. The van der Waals surface area contributed by atoms with Crippen molar-refractivity contribution in [2.45, 2.75) is 31.7 Å². The Labute approximate surface area is 155 Å². The molecule has 2 heterocycles. The van der Waals surface area contributed by atoms with Crippen molar-refractivity contribution in [3.63, 3.8) is 0 Å². The van der Waals surface area contributed by atoms with Gasteiger partial charge < -0.3 is 15.0 Å². The van der Waals surface area contributed by atoms with Gasteiger partial charge in [0.25, 0.3) is 0 Å². The maximum absolute atomic E-state index is 12.7. The third-order valence-electron chi connectivity index (χ3n) is 4.48. The molecule has 25 heavy (non-hydrogen) atoms. The minimum atomic E-state index is -0.908. The Morgan fingerprint density at radius 2 is 2.12 bits per heavy atom. The fraction of sp³-hybridized carbons (Fsp3) is 0.444. The zero-order chi connectivity index (χ0) is 17.9. The van der Waals surface area contributed by atoms with Crippen LogP contribution in [-0.4, -0.2) is 40.5 Å². The molecule has 3 rings (SSSR count). The van der Waals surface area contributed by atoms with Crippen LogP contribution in [0.5, 0.6) is 0 Å². The van der Waals surface area contributed by atoms with Crippen LogP contribution in [0.15, 0.2) is 24.4 Å². The van der Waals surface area contributed by atoms with Crippen LogP contribution in [0.2, 0.25) is 5.02 Å². The van der Waals surface area contributed by atoms with Crippen molar-refractivity contribution >= 4 is 46.1 Å². The van der Waals surface area contributed by atoms with Gasteiger partial charge in [0.05, 0.1) is 18.1 Å². The largest absolute Gasteiger partial charge is 0.464 e. The number of carbonyl (C=O) groups excluding carboxylic acids is 2. The number of ether oxygens (including phenoxy) is 1. The van der Waals surface area contributed by atoms with Crippen LogP contribution >= 0.6 is 23.4 Å². The molecule has 5 nitrogen and oxygen atoms in total. The quantitative estimate of drug-likeness (QED) is 0.780. The molecule has 0 aliphatic carbocycles. The van der Waals surface area contributed by atoms with Gasteiger partial charge in [-0.25, -0.2) is 4.79 Å². The normalized spacial score (nSPS) is 16.6. The summed E-state index contributed by atoms with van der Waals surface area (Å²) < 4.78 is 5.22. The maximum atomic E-state index is 12.7. The molecule has 0 bridgehead atoms. The molecule has 1 aromatic carbocycles. The predicted octanol–water partition coefficient (Wildman–Crippen LogP) is 3.31. The summed E-state index contributed by atoms with van der Waals surface area (Å²) in [5.41, 5.74) is 0.806. The van der Waals surface area contributed by atoms with Crippen molar-refractivity contribution in [2.75, 3.05) is 18.1 Å². The van der Waals surface area contributed by atoms with Gasteiger partial charge in [0.1, 0.15) is 5.54 Å². The minimum absolute atomic E-state index is 0.165. The van der Waals surface area contributed by atoms with Crippen molar-refractivity contribution in [2.24, 2.45) is 0 Å². The third-order valence-corrected chi connectivity index (χ3v) is 5.78. The maximum Gasteiger partial charge on any atom is 0.331 e. The fourth-order valence-corrected chi connectivity index (χ4v) is 4.69. The van der Waals surface area contributed by atoms with Crippen molar-refractivity contribution < 1.29 is 14.3 Å². The van der Waals surface area contributed by atoms with Gasteiger partial charge in [-0.05, 0) is 49.0 Å². The van der Waals surface area contributed by atoms with Crippen LogP contribution in [0.3, 0.4) is 0 Å². The van der Waals surface area contributed by atoms with Crippen molar-refractivity contribution in [1.29, 1.82) is 0 Å². The molecule has 0 unspecified atom stereocenters. The highest BCUT2D eigenvalue weighted by molar-refractivity contribution is 7.99. The van der Waals surface area contributed by atoms with E-state index in [-0.39, 0.29) is 18.3 Å². The van der Waals surface area contributed by atoms with Gasteiger partial charge in [-0.3, -0.25) is 4.79 Å². The first-order valence-electron chi connectivity index (χ1n) is 8.36. The van der Waals surface area contributed by atoms with Crippen LogP contribution in [-0.2, 0) is 20.7 Å². The standard InChI is InChI=1S/C18H21ClN2O3S/c1-2-24-17(23)18(6-8-25-9-7-18)21-15(22)10-12-11-20-14-5-3-4-13(19)16(12)14/h3-5,11,20H,2,6-10H2,1H3,(H,21,22). The van der Waals surface area contributed by atoms with Gasteiger partial charge in [-0.1, -0.05) is 17.7 Å². The lowest BCUT2D eigenvalue weighted by atomic mass is 9.91. The van der Waals surface area contributed by atoms with Crippen molar-refractivity contribution in [3.8, 4) is 0 Å². The number of fused-ring (bicyclic) bond motifs is 1. The highest BCUT2D eigenvalue weighted by atomic mass is 35.5. The molecule has 7 heteroatoms. The number of amides is 1. The fourth-order valence-electron chi connectivity index (χ4n) is 3.20. The summed E-state index contributed by atoms with van der Waals surface area (Å²) in [5, 5.41) is 4.41. The van der Waals surface area contributed by atoms with E-state index in [0.717, 1.165) is 28.0 Å². The van der Waals surface area contributed by atoms with E-state index in [9.17, 15) is 9.59 Å². The molecule has 1 saturated heterocycles. The lowest BCUT2D eigenvalue weighted by Crippen LogP contribution is -2.57. The Kier molecular flexibility index (Phi) is 5.59. The summed E-state index contributed by atoms with van der Waals surface area (Å²) >= 11 is 8.06. The molecule has 0 saturated carbocycles. The Morgan fingerprint density at radius 3 is 2.84 bits per heavy atom. The number of aromatic amines is 1. The average molecular weight is 381 g/mol. The number of thioether (sulfide) groups is 1. The summed E-state index contributed by atoms with van der Waals surface area (Å²) in [6.07, 6.45) is 3.15. The van der Waals surface area contributed by atoms with Crippen molar-refractivity contribution in [1.82, 2.24) is 10.3 Å². The first-order chi connectivity index (χ1) is 12.1. The van der Waals surface area contributed by atoms with Crippen LogP contribution in [0, 0.1) is 0 Å². The molecule has 134 valence electrons. The zero-order valence-electron chi connectivity index (χ0n) is 14.1. The first-order valence-corrected chi connectivity index (χ1v) is 9.89. The van der Waals surface area contributed by atoms with Crippen molar-refractivity contribution in [3.05, 3.63) is 35.0 Å². The van der Waals surface area contributed by atoms with E-state index in [0.29, 0.717) is 24.5 Å². The van der Waals surface area contributed by atoms with Gasteiger partial charge in [-0.15, -0.1) is 0 Å². The number of aromatic nitrogens is 1. The molecule has 1 aromatic heterocycles. The lowest BCUT2D eigenvalue weighted by Gasteiger charge is -2.35. The summed E-state index contributed by atoms with van der Waals surface area (Å²) in [6, 6.07) is 5.58. The second-order valence-corrected chi connectivity index (χ2v) is 7.75. The minimum Gasteiger partial charge on any atom is -0.464 e. The first kappa shape index (κ1) is 18.1. The summed E-state index contributed by atoms with van der Waals surface area (Å²) in [6.45, 7) is 2.08. The number of esters is 1. The van der Waals surface area contributed by atoms with E-state index >= 15 is 0 Å². The van der Waals surface area contributed by atoms with E-state index in [1.165, 1.54) is 0 Å². The SMILES string of the molecule is CCOC(=O)C1(NC(=O)Cc2c[nH]c3cccc(Cl)c23)CCSCC1. The number of hydrogen-bond acceptors (Lipinski definition) is 4. The van der Waals surface area contributed by atoms with Gasteiger partial charge >= 0.3 is 5.97 Å². The van der Waals surface area contributed by atoms with Crippen LogP contribution in [0.1, 0.15) is 25.3 Å². The number of H-pyrrole nitrogens is 1. The molecule has 2 aromatic rings. The van der Waals surface area contributed by atoms with E-state index in [2.05, 4.69) is 10.3 Å². The highest BCUT2D eigenvalue weighted by Crippen LogP contribution is 2.30. The number of nitrogens with one attached hydrogen (secondary N) is 2. The molecular formula is C18H21ClN2O3S. The van der Waals surface area contributed by atoms with Crippen LogP contribution < -0.4 is 5.32 Å². The summed E-state index contributed by atoms with van der Waals surface area (Å²) in [7, 11) is 0. The van der Waals surface area contributed by atoms with Gasteiger partial charge in [0.15, 0.2) is 0 Å². The molecule has 1 aliphatic heterocycles. The second kappa shape index (κ2) is 7.70. The van der Waals surface area contributed by atoms with Crippen LogP contribution in [0.25, 0.3) is 10.9 Å². The number of benzene rings is 1. The van der Waals surface area contributed by atoms with E-state index in [1.807, 2.05) is 12.1 Å². The Balaban J connectivity index is 1.78. The lowest BCUT2D eigenvalue weighted by molar-refractivity contribution is -0.153. The zero-order valence-corrected chi connectivity index (χ0v) is 15.6. The smallest absolute Gasteiger partial charge is 0.331 e. The number of rotatable bonds is 5. The third kappa shape index (κ3) is 3.80. The summed E-state index contributed by atoms with van der Waals surface area (Å²) in [5.74, 6) is 1.14. The highest BCUT2D eigenvalue weighted by Gasteiger charge is 2.42. The number of carbonyl (C=O) groups is 2. The van der Waals surface area contributed by atoms with Gasteiger partial charge in [-0.2, -0.15) is 11.8 Å². The monoisotopic (exact) mass is 380 g/mol.